The number of ether oxygens (including phenoxy) is 4. The van der Waals surface area contributed by atoms with Crippen LogP contribution in [0.15, 0.2) is 12.1 Å². The van der Waals surface area contributed by atoms with Gasteiger partial charge in [-0.2, -0.15) is 0 Å². The number of morpholine rings is 1. The third kappa shape index (κ3) is 5.27. The molecule has 1 N–H and O–H groups in total. The van der Waals surface area contributed by atoms with Gasteiger partial charge in [-0.25, -0.2) is 0 Å². The highest BCUT2D eigenvalue weighted by Crippen LogP contribution is 2.39. The Labute approximate surface area is 173 Å². The Morgan fingerprint density at radius 2 is 1.69 bits per heavy atom. The Bertz CT molecular complexity index is 796. The molecule has 1 aliphatic rings. The van der Waals surface area contributed by atoms with Gasteiger partial charge in [-0.15, -0.1) is 10.2 Å². The number of rotatable bonds is 9. The summed E-state index contributed by atoms with van der Waals surface area (Å²) in [5.41, 5.74) is 0.392. The Morgan fingerprint density at radius 1 is 1.07 bits per heavy atom. The second-order valence-corrected chi connectivity index (χ2v) is 7.00. The first-order valence-electron chi connectivity index (χ1n) is 9.70. The molecule has 1 aliphatic heterocycles. The smallest absolute Gasteiger partial charge is 0.257 e. The van der Waals surface area contributed by atoms with Crippen LogP contribution in [0, 0.1) is 0 Å². The van der Waals surface area contributed by atoms with Crippen LogP contribution in [0.5, 0.6) is 17.2 Å². The van der Waals surface area contributed by atoms with Crippen LogP contribution < -0.4 is 24.4 Å². The molecule has 29 heavy (non-hydrogen) atoms. The van der Waals surface area contributed by atoms with E-state index in [0.29, 0.717) is 61.0 Å². The fourth-order valence-corrected chi connectivity index (χ4v) is 3.63. The van der Waals surface area contributed by atoms with Crippen LogP contribution in [0.4, 0.5) is 10.3 Å². The van der Waals surface area contributed by atoms with Crippen LogP contribution in [0.2, 0.25) is 0 Å². The van der Waals surface area contributed by atoms with Gasteiger partial charge in [0.25, 0.3) is 5.91 Å². The molecule has 1 amide bonds. The Balaban J connectivity index is 1.80. The second-order valence-electron chi connectivity index (χ2n) is 6.04. The second kappa shape index (κ2) is 10.3. The zero-order chi connectivity index (χ0) is 20.6. The minimum atomic E-state index is -0.320. The zero-order valence-corrected chi connectivity index (χ0v) is 17.7. The number of hydrogen-bond acceptors (Lipinski definition) is 9. The van der Waals surface area contributed by atoms with Crippen molar-refractivity contribution in [2.75, 3.05) is 56.3 Å². The van der Waals surface area contributed by atoms with Crippen molar-refractivity contribution in [2.45, 2.75) is 20.8 Å². The minimum absolute atomic E-state index is 0.320. The predicted octanol–water partition coefficient (Wildman–Crippen LogP) is 2.82. The van der Waals surface area contributed by atoms with E-state index in [-0.39, 0.29) is 5.91 Å². The maximum Gasteiger partial charge on any atom is 0.257 e. The molecule has 3 rings (SSSR count). The van der Waals surface area contributed by atoms with Crippen LogP contribution in [-0.4, -0.2) is 62.2 Å². The van der Waals surface area contributed by atoms with Crippen molar-refractivity contribution < 1.29 is 23.7 Å². The average Bonchev–Trinajstić information content (AvgIpc) is 3.19. The van der Waals surface area contributed by atoms with Gasteiger partial charge in [-0.3, -0.25) is 10.1 Å². The summed E-state index contributed by atoms with van der Waals surface area (Å²) in [4.78, 5) is 14.9. The van der Waals surface area contributed by atoms with Gasteiger partial charge in [0.1, 0.15) is 0 Å². The number of hydrogen-bond donors (Lipinski definition) is 1. The first-order chi connectivity index (χ1) is 14.2. The molecule has 0 radical (unpaired) electrons. The topological polar surface area (TPSA) is 95.0 Å². The highest BCUT2D eigenvalue weighted by Gasteiger charge is 2.20. The molecule has 0 atom stereocenters. The van der Waals surface area contributed by atoms with Crippen LogP contribution >= 0.6 is 11.3 Å². The quantitative estimate of drug-likeness (QED) is 0.659. The third-order valence-corrected chi connectivity index (χ3v) is 4.99. The van der Waals surface area contributed by atoms with Crippen LogP contribution in [-0.2, 0) is 4.74 Å². The maximum atomic E-state index is 12.8. The molecular formula is C19H26N4O5S. The molecule has 0 saturated carbocycles. The molecule has 158 valence electrons. The summed E-state index contributed by atoms with van der Waals surface area (Å²) in [5.74, 6) is 1.12. The third-order valence-electron chi connectivity index (χ3n) is 4.09. The summed E-state index contributed by atoms with van der Waals surface area (Å²) in [6.07, 6.45) is 0. The van der Waals surface area contributed by atoms with Gasteiger partial charge >= 0.3 is 0 Å². The Morgan fingerprint density at radius 3 is 2.28 bits per heavy atom. The number of amides is 1. The van der Waals surface area contributed by atoms with Gasteiger partial charge in [0.05, 0.1) is 33.0 Å². The number of carbonyl (C=O) groups excluding carboxylic acids is 1. The normalized spacial score (nSPS) is 13.8. The van der Waals surface area contributed by atoms with Crippen molar-refractivity contribution in [2.24, 2.45) is 0 Å². The molecule has 0 unspecified atom stereocenters. The highest BCUT2D eigenvalue weighted by molar-refractivity contribution is 7.19. The standard InChI is InChI=1S/C19H26N4O5S/c1-4-26-14-11-13(12-15(27-5-2)16(14)28-6-3)17(24)20-18-21-22-19(29-18)23-7-9-25-10-8-23/h11-12H,4-10H2,1-3H3,(H,20,21,24). The number of anilines is 2. The SMILES string of the molecule is CCOc1cc(C(=O)Nc2nnc(N3CCOCC3)s2)cc(OCC)c1OCC. The van der Waals surface area contributed by atoms with E-state index in [2.05, 4.69) is 20.4 Å². The lowest BCUT2D eigenvalue weighted by atomic mass is 10.1. The van der Waals surface area contributed by atoms with E-state index in [9.17, 15) is 4.79 Å². The Hall–Kier alpha value is -2.59. The molecule has 1 fully saturated rings. The average molecular weight is 423 g/mol. The van der Waals surface area contributed by atoms with E-state index in [1.54, 1.807) is 12.1 Å². The summed E-state index contributed by atoms with van der Waals surface area (Å²) in [7, 11) is 0. The minimum Gasteiger partial charge on any atom is -0.490 e. The lowest BCUT2D eigenvalue weighted by Gasteiger charge is -2.25. The largest absolute Gasteiger partial charge is 0.490 e. The summed E-state index contributed by atoms with van der Waals surface area (Å²) in [6.45, 7) is 9.81. The fraction of sp³-hybridized carbons (Fsp3) is 0.526. The van der Waals surface area contributed by atoms with Crippen molar-refractivity contribution in [1.29, 1.82) is 0 Å². The summed E-state index contributed by atoms with van der Waals surface area (Å²) in [5, 5.41) is 12.3. The molecule has 2 heterocycles. The first-order valence-corrected chi connectivity index (χ1v) is 10.5. The molecule has 1 aromatic heterocycles. The molecule has 0 aliphatic carbocycles. The molecule has 9 nitrogen and oxygen atoms in total. The van der Waals surface area contributed by atoms with Crippen molar-refractivity contribution >= 4 is 27.5 Å². The highest BCUT2D eigenvalue weighted by atomic mass is 32.1. The van der Waals surface area contributed by atoms with E-state index < -0.39 is 0 Å². The molecule has 1 aromatic carbocycles. The monoisotopic (exact) mass is 422 g/mol. The van der Waals surface area contributed by atoms with Gasteiger partial charge in [0.2, 0.25) is 16.0 Å². The Kier molecular flexibility index (Phi) is 7.48. The predicted molar refractivity (Wildman–Crippen MR) is 111 cm³/mol. The molecule has 1 saturated heterocycles. The van der Waals surface area contributed by atoms with Crippen molar-refractivity contribution in [3.63, 3.8) is 0 Å². The van der Waals surface area contributed by atoms with Gasteiger partial charge in [-0.1, -0.05) is 11.3 Å². The first kappa shape index (κ1) is 21.1. The number of benzene rings is 1. The van der Waals surface area contributed by atoms with Gasteiger partial charge in [0, 0.05) is 18.7 Å². The van der Waals surface area contributed by atoms with E-state index in [1.807, 2.05) is 20.8 Å². The van der Waals surface area contributed by atoms with Crippen LogP contribution in [0.25, 0.3) is 0 Å². The molecular weight excluding hydrogens is 396 g/mol. The number of nitrogens with one attached hydrogen (secondary N) is 1. The number of carbonyl (C=O) groups is 1. The summed E-state index contributed by atoms with van der Waals surface area (Å²) in [6, 6.07) is 3.30. The fourth-order valence-electron chi connectivity index (χ4n) is 2.84. The number of aromatic nitrogens is 2. The summed E-state index contributed by atoms with van der Waals surface area (Å²) < 4.78 is 22.4. The van der Waals surface area contributed by atoms with Crippen LogP contribution in [0.1, 0.15) is 31.1 Å². The van der Waals surface area contributed by atoms with E-state index in [4.69, 9.17) is 18.9 Å². The van der Waals surface area contributed by atoms with Crippen LogP contribution in [0.3, 0.4) is 0 Å². The van der Waals surface area contributed by atoms with E-state index in [0.717, 1.165) is 18.2 Å². The lowest BCUT2D eigenvalue weighted by Crippen LogP contribution is -2.36. The van der Waals surface area contributed by atoms with E-state index in [1.165, 1.54) is 11.3 Å². The molecule has 2 aromatic rings. The molecule has 0 spiro atoms. The molecule has 10 heteroatoms. The van der Waals surface area contributed by atoms with Gasteiger partial charge < -0.3 is 23.8 Å². The lowest BCUT2D eigenvalue weighted by molar-refractivity contribution is 0.102. The zero-order valence-electron chi connectivity index (χ0n) is 16.9. The van der Waals surface area contributed by atoms with Crippen molar-refractivity contribution in [1.82, 2.24) is 10.2 Å². The van der Waals surface area contributed by atoms with E-state index >= 15 is 0 Å². The van der Waals surface area contributed by atoms with Gasteiger partial charge in [-0.05, 0) is 32.9 Å². The molecule has 0 bridgehead atoms. The summed E-state index contributed by atoms with van der Waals surface area (Å²) >= 11 is 1.33. The maximum absolute atomic E-state index is 12.8. The number of nitrogens with zero attached hydrogens (tertiary/aromatic N) is 3. The van der Waals surface area contributed by atoms with Gasteiger partial charge in [0.15, 0.2) is 11.5 Å². The van der Waals surface area contributed by atoms with Crippen molar-refractivity contribution in [3.05, 3.63) is 17.7 Å². The van der Waals surface area contributed by atoms with Crippen molar-refractivity contribution in [3.8, 4) is 17.2 Å².